The molecule has 0 radical (unpaired) electrons. The number of halogens is 1. The summed E-state index contributed by atoms with van der Waals surface area (Å²) in [6, 6.07) is 2.41. The fourth-order valence-corrected chi connectivity index (χ4v) is 2.95. The molecule has 146 valence electrons. The van der Waals surface area contributed by atoms with Gasteiger partial charge in [0.15, 0.2) is 11.8 Å². The van der Waals surface area contributed by atoms with E-state index in [0.717, 1.165) is 49.7 Å². The maximum Gasteiger partial charge on any atom is 0.225 e. The van der Waals surface area contributed by atoms with Crippen LogP contribution in [-0.2, 0) is 13.6 Å². The molecule has 4 rings (SSSR count). The Morgan fingerprint density at radius 3 is 2.44 bits per heavy atom. The molecule has 1 saturated heterocycles. The highest BCUT2D eigenvalue weighted by atomic mass is 127. The van der Waals surface area contributed by atoms with E-state index in [9.17, 15) is 0 Å². The Morgan fingerprint density at radius 1 is 1.15 bits per heavy atom. The van der Waals surface area contributed by atoms with Crippen LogP contribution in [0, 0.1) is 6.92 Å². The van der Waals surface area contributed by atoms with Gasteiger partial charge >= 0.3 is 0 Å². The minimum absolute atomic E-state index is 0. The summed E-state index contributed by atoms with van der Waals surface area (Å²) in [5.41, 5.74) is 0. The standard InChI is InChI=1S/C17H25N9.HI/c1-13-22-23-15(24(13)2)12-20-17(21-14-4-5-14)26-10-8-25(9-11-26)16-18-6-3-7-19-16;/h3,6-7,14H,4-5,8-12H2,1-2H3,(H,20,21);1H. The number of piperazine rings is 1. The third-order valence-electron chi connectivity index (χ3n) is 4.88. The number of nitrogens with one attached hydrogen (secondary N) is 1. The van der Waals surface area contributed by atoms with Crippen LogP contribution in [0.15, 0.2) is 23.5 Å². The smallest absolute Gasteiger partial charge is 0.225 e. The molecule has 0 aromatic carbocycles. The van der Waals surface area contributed by atoms with Gasteiger partial charge in [-0.25, -0.2) is 15.0 Å². The van der Waals surface area contributed by atoms with Gasteiger partial charge in [-0.1, -0.05) is 0 Å². The second-order valence-corrected chi connectivity index (χ2v) is 6.80. The second kappa shape index (κ2) is 8.81. The van der Waals surface area contributed by atoms with E-state index in [-0.39, 0.29) is 24.0 Å². The highest BCUT2D eigenvalue weighted by Gasteiger charge is 2.27. The van der Waals surface area contributed by atoms with Crippen LogP contribution >= 0.6 is 24.0 Å². The summed E-state index contributed by atoms with van der Waals surface area (Å²) in [5, 5.41) is 11.9. The van der Waals surface area contributed by atoms with Gasteiger partial charge in [0.25, 0.3) is 0 Å². The van der Waals surface area contributed by atoms with Gasteiger partial charge in [-0.05, 0) is 25.8 Å². The van der Waals surface area contributed by atoms with Crippen LogP contribution in [0.3, 0.4) is 0 Å². The number of hydrogen-bond acceptors (Lipinski definition) is 6. The topological polar surface area (TPSA) is 87.4 Å². The maximum absolute atomic E-state index is 4.83. The van der Waals surface area contributed by atoms with Gasteiger partial charge < -0.3 is 19.7 Å². The lowest BCUT2D eigenvalue weighted by atomic mass is 10.3. The van der Waals surface area contributed by atoms with Crippen LogP contribution in [0.1, 0.15) is 24.5 Å². The van der Waals surface area contributed by atoms with E-state index in [0.29, 0.717) is 12.6 Å². The number of hydrogen-bond donors (Lipinski definition) is 1. The zero-order valence-electron chi connectivity index (χ0n) is 15.7. The summed E-state index contributed by atoms with van der Waals surface area (Å²) in [6.45, 7) is 6.06. The molecule has 2 aromatic rings. The van der Waals surface area contributed by atoms with Gasteiger partial charge in [0.05, 0.1) is 0 Å². The number of aliphatic imine (C=N–C) groups is 1. The molecule has 9 nitrogen and oxygen atoms in total. The van der Waals surface area contributed by atoms with Crippen molar-refractivity contribution in [1.29, 1.82) is 0 Å². The van der Waals surface area contributed by atoms with E-state index in [2.05, 4.69) is 35.3 Å². The third kappa shape index (κ3) is 4.85. The molecular formula is C17H26IN9. The number of rotatable bonds is 4. The van der Waals surface area contributed by atoms with Gasteiger partial charge in [-0.15, -0.1) is 34.2 Å². The first-order chi connectivity index (χ1) is 12.7. The normalized spacial score (nSPS) is 17.6. The van der Waals surface area contributed by atoms with E-state index in [4.69, 9.17) is 4.99 Å². The van der Waals surface area contributed by atoms with Crippen LogP contribution in [0.2, 0.25) is 0 Å². The van der Waals surface area contributed by atoms with Crippen LogP contribution in [-0.4, -0.2) is 67.8 Å². The summed E-state index contributed by atoms with van der Waals surface area (Å²) in [5.74, 6) is 3.56. The first-order valence-corrected chi connectivity index (χ1v) is 9.13. The molecule has 0 bridgehead atoms. The predicted octanol–water partition coefficient (Wildman–Crippen LogP) is 0.962. The number of nitrogens with zero attached hydrogens (tertiary/aromatic N) is 8. The predicted molar refractivity (Wildman–Crippen MR) is 114 cm³/mol. The fourth-order valence-electron chi connectivity index (χ4n) is 2.95. The SMILES string of the molecule is Cc1nnc(CN=C(NC2CC2)N2CCN(c3ncccn3)CC2)n1C.I. The van der Waals surface area contributed by atoms with Crippen molar-refractivity contribution in [3.05, 3.63) is 30.1 Å². The summed E-state index contributed by atoms with van der Waals surface area (Å²) < 4.78 is 1.99. The number of aromatic nitrogens is 5. The lowest BCUT2D eigenvalue weighted by molar-refractivity contribution is 0.368. The molecule has 27 heavy (non-hydrogen) atoms. The zero-order valence-corrected chi connectivity index (χ0v) is 18.1. The summed E-state index contributed by atoms with van der Waals surface area (Å²) >= 11 is 0. The Kier molecular flexibility index (Phi) is 6.45. The Balaban J connectivity index is 0.00000210. The summed E-state index contributed by atoms with van der Waals surface area (Å²) in [6.07, 6.45) is 6.03. The summed E-state index contributed by atoms with van der Waals surface area (Å²) in [7, 11) is 1.98. The molecule has 2 aliphatic rings. The highest BCUT2D eigenvalue weighted by Crippen LogP contribution is 2.20. The Bertz CT molecular complexity index is 764. The van der Waals surface area contributed by atoms with Crippen LogP contribution in [0.25, 0.3) is 0 Å². The molecule has 2 aromatic heterocycles. The Hall–Kier alpha value is -1.98. The average Bonchev–Trinajstić information content (AvgIpc) is 3.45. The van der Waals surface area contributed by atoms with Crippen molar-refractivity contribution in [2.24, 2.45) is 12.0 Å². The van der Waals surface area contributed by atoms with Crippen LogP contribution in [0.4, 0.5) is 5.95 Å². The number of anilines is 1. The molecule has 2 fully saturated rings. The number of aryl methyl sites for hydroxylation is 1. The van der Waals surface area contributed by atoms with Crippen molar-refractivity contribution in [2.45, 2.75) is 32.4 Å². The van der Waals surface area contributed by atoms with Crippen LogP contribution in [0.5, 0.6) is 0 Å². The molecule has 1 N–H and O–H groups in total. The largest absolute Gasteiger partial charge is 0.353 e. The molecule has 0 unspecified atom stereocenters. The molecule has 3 heterocycles. The van der Waals surface area contributed by atoms with Gasteiger partial charge in [0.1, 0.15) is 12.4 Å². The quantitative estimate of drug-likeness (QED) is 0.394. The van der Waals surface area contributed by atoms with Crippen molar-refractivity contribution in [2.75, 3.05) is 31.1 Å². The van der Waals surface area contributed by atoms with Crippen molar-refractivity contribution in [3.8, 4) is 0 Å². The van der Waals surface area contributed by atoms with Gasteiger partial charge in [0.2, 0.25) is 5.95 Å². The Labute approximate surface area is 176 Å². The zero-order chi connectivity index (χ0) is 17.9. The van der Waals surface area contributed by atoms with E-state index >= 15 is 0 Å². The lowest BCUT2D eigenvalue weighted by Crippen LogP contribution is -2.53. The molecular weight excluding hydrogens is 457 g/mol. The third-order valence-corrected chi connectivity index (χ3v) is 4.88. The van der Waals surface area contributed by atoms with E-state index in [1.54, 1.807) is 12.4 Å². The first-order valence-electron chi connectivity index (χ1n) is 9.13. The maximum atomic E-state index is 4.83. The monoisotopic (exact) mass is 483 g/mol. The minimum atomic E-state index is 0. The van der Waals surface area contributed by atoms with Crippen molar-refractivity contribution >= 4 is 35.9 Å². The van der Waals surface area contributed by atoms with Gasteiger partial charge in [-0.2, -0.15) is 0 Å². The van der Waals surface area contributed by atoms with E-state index in [1.165, 1.54) is 12.8 Å². The van der Waals surface area contributed by atoms with E-state index in [1.807, 2.05) is 24.6 Å². The molecule has 1 saturated carbocycles. The van der Waals surface area contributed by atoms with Gasteiger partial charge in [0, 0.05) is 51.7 Å². The first kappa shape index (κ1) is 19.8. The van der Waals surface area contributed by atoms with Crippen molar-refractivity contribution in [1.82, 2.24) is 34.9 Å². The van der Waals surface area contributed by atoms with Crippen molar-refractivity contribution in [3.63, 3.8) is 0 Å². The molecule has 0 atom stereocenters. The summed E-state index contributed by atoms with van der Waals surface area (Å²) in [4.78, 5) is 18.1. The van der Waals surface area contributed by atoms with Crippen LogP contribution < -0.4 is 10.2 Å². The fraction of sp³-hybridized carbons (Fsp3) is 0.588. The average molecular weight is 483 g/mol. The van der Waals surface area contributed by atoms with E-state index < -0.39 is 0 Å². The van der Waals surface area contributed by atoms with Gasteiger partial charge in [-0.3, -0.25) is 0 Å². The minimum Gasteiger partial charge on any atom is -0.353 e. The molecule has 1 aliphatic heterocycles. The van der Waals surface area contributed by atoms with Crippen molar-refractivity contribution < 1.29 is 0 Å². The molecule has 10 heteroatoms. The Morgan fingerprint density at radius 2 is 1.85 bits per heavy atom. The molecule has 0 spiro atoms. The molecule has 0 amide bonds. The lowest BCUT2D eigenvalue weighted by Gasteiger charge is -2.36. The second-order valence-electron chi connectivity index (χ2n) is 6.80. The highest BCUT2D eigenvalue weighted by molar-refractivity contribution is 14.0. The number of guanidine groups is 1. The molecule has 1 aliphatic carbocycles.